The second-order valence-electron chi connectivity index (χ2n) is 7.82. The first-order chi connectivity index (χ1) is 17.4. The summed E-state index contributed by atoms with van der Waals surface area (Å²) in [6.07, 6.45) is 2.28. The van der Waals surface area contributed by atoms with E-state index >= 15 is 0 Å². The highest BCUT2D eigenvalue weighted by molar-refractivity contribution is 5.91. The number of phenolic OH excluding ortho intramolecular Hbond substituents is 1. The molecule has 7 heteroatoms. The molecule has 0 aliphatic heterocycles. The molecule has 0 saturated heterocycles. The summed E-state index contributed by atoms with van der Waals surface area (Å²) < 4.78 is 54.4. The van der Waals surface area contributed by atoms with E-state index in [2.05, 4.69) is 6.58 Å². The van der Waals surface area contributed by atoms with Crippen LogP contribution in [-0.4, -0.2) is 17.7 Å². The number of carbonyl (C=O) groups excluding carboxylic acids is 1. The summed E-state index contributed by atoms with van der Waals surface area (Å²) in [6.45, 7) is 3.92. The van der Waals surface area contributed by atoms with Crippen LogP contribution in [0.25, 0.3) is 22.3 Å². The van der Waals surface area contributed by atoms with Gasteiger partial charge in [-0.25, -0.2) is 18.0 Å². The first kappa shape index (κ1) is 24.6. The molecule has 4 rings (SSSR count). The van der Waals surface area contributed by atoms with E-state index in [0.29, 0.717) is 29.9 Å². The fourth-order valence-electron chi connectivity index (χ4n) is 3.50. The van der Waals surface area contributed by atoms with Gasteiger partial charge in [-0.3, -0.25) is 0 Å². The Kier molecular flexibility index (Phi) is 7.39. The Morgan fingerprint density at radius 1 is 0.833 bits per heavy atom. The molecule has 0 saturated carbocycles. The molecule has 36 heavy (non-hydrogen) atoms. The second kappa shape index (κ2) is 10.8. The van der Waals surface area contributed by atoms with Crippen LogP contribution < -0.4 is 9.47 Å². The van der Waals surface area contributed by atoms with E-state index in [1.165, 1.54) is 72.8 Å². The van der Waals surface area contributed by atoms with Crippen molar-refractivity contribution < 1.29 is 32.5 Å². The number of phenols is 1. The summed E-state index contributed by atoms with van der Waals surface area (Å²) in [4.78, 5) is 12.5. The molecule has 1 N–H and O–H groups in total. The maximum atomic E-state index is 14.9. The number of esters is 1. The SMILES string of the molecule is C=CCCOc1ccc(OC(=O)c2ccc(-c3ccc(-c4ccc(O)cc4)c(F)c3F)cc2)c(F)c1. The molecule has 0 unspecified atom stereocenters. The molecule has 4 nitrogen and oxygen atoms in total. The Labute approximate surface area is 205 Å². The van der Waals surface area contributed by atoms with Crippen molar-refractivity contribution in [1.29, 1.82) is 0 Å². The van der Waals surface area contributed by atoms with Gasteiger partial charge in [-0.2, -0.15) is 0 Å². The van der Waals surface area contributed by atoms with Crippen molar-refractivity contribution in [3.8, 4) is 39.5 Å². The van der Waals surface area contributed by atoms with Crippen molar-refractivity contribution in [2.45, 2.75) is 6.42 Å². The van der Waals surface area contributed by atoms with Gasteiger partial charge in [0.2, 0.25) is 0 Å². The van der Waals surface area contributed by atoms with Gasteiger partial charge < -0.3 is 14.6 Å². The highest BCUT2D eigenvalue weighted by Gasteiger charge is 2.17. The van der Waals surface area contributed by atoms with Crippen molar-refractivity contribution in [3.05, 3.63) is 115 Å². The molecule has 0 aliphatic carbocycles. The summed E-state index contributed by atoms with van der Waals surface area (Å²) in [7, 11) is 0. The van der Waals surface area contributed by atoms with Gasteiger partial charge in [0, 0.05) is 17.2 Å². The number of hydrogen-bond donors (Lipinski definition) is 1. The van der Waals surface area contributed by atoms with Gasteiger partial charge in [0.05, 0.1) is 12.2 Å². The molecule has 0 spiro atoms. The fourth-order valence-corrected chi connectivity index (χ4v) is 3.50. The van der Waals surface area contributed by atoms with Crippen molar-refractivity contribution in [1.82, 2.24) is 0 Å². The summed E-state index contributed by atoms with van der Waals surface area (Å²) in [5, 5.41) is 9.40. The van der Waals surface area contributed by atoms with Crippen LogP contribution in [0.3, 0.4) is 0 Å². The van der Waals surface area contributed by atoms with E-state index < -0.39 is 23.4 Å². The molecule has 0 fully saturated rings. The standard InChI is InChI=1S/C29H21F3O4/c1-2-3-16-35-22-12-15-26(25(30)17-22)36-29(34)20-6-4-18(5-7-20)23-13-14-24(28(32)27(23)31)19-8-10-21(33)11-9-19/h2,4-15,17,33H,1,3,16H2. The number of carbonyl (C=O) groups is 1. The first-order valence-corrected chi connectivity index (χ1v) is 11.0. The summed E-state index contributed by atoms with van der Waals surface area (Å²) in [6, 6.07) is 18.2. The Morgan fingerprint density at radius 3 is 1.97 bits per heavy atom. The average molecular weight is 490 g/mol. The largest absolute Gasteiger partial charge is 0.508 e. The lowest BCUT2D eigenvalue weighted by Crippen LogP contribution is -2.09. The van der Waals surface area contributed by atoms with E-state index in [0.717, 1.165) is 6.07 Å². The number of rotatable bonds is 8. The van der Waals surface area contributed by atoms with E-state index in [1.54, 1.807) is 6.08 Å². The number of halogens is 3. The Bertz CT molecular complexity index is 1400. The quantitative estimate of drug-likeness (QED) is 0.122. The second-order valence-corrected chi connectivity index (χ2v) is 7.82. The Hall–Kier alpha value is -4.52. The van der Waals surface area contributed by atoms with Crippen LogP contribution in [0.2, 0.25) is 0 Å². The van der Waals surface area contributed by atoms with Crippen LogP contribution in [0.15, 0.2) is 91.5 Å². The third-order valence-corrected chi connectivity index (χ3v) is 5.39. The summed E-state index contributed by atoms with van der Waals surface area (Å²) >= 11 is 0. The zero-order valence-electron chi connectivity index (χ0n) is 19.0. The van der Waals surface area contributed by atoms with Crippen LogP contribution in [0, 0.1) is 17.5 Å². The lowest BCUT2D eigenvalue weighted by molar-refractivity contribution is 0.0727. The minimum atomic E-state index is -1.05. The van der Waals surface area contributed by atoms with Gasteiger partial charge in [0.15, 0.2) is 23.2 Å². The first-order valence-electron chi connectivity index (χ1n) is 11.0. The van der Waals surface area contributed by atoms with Crippen molar-refractivity contribution in [3.63, 3.8) is 0 Å². The van der Waals surface area contributed by atoms with E-state index in [9.17, 15) is 23.1 Å². The number of aromatic hydroxyl groups is 1. The molecule has 0 aromatic heterocycles. The molecule has 182 valence electrons. The fraction of sp³-hybridized carbons (Fsp3) is 0.0690. The number of benzene rings is 4. The van der Waals surface area contributed by atoms with E-state index in [4.69, 9.17) is 9.47 Å². The zero-order chi connectivity index (χ0) is 25.7. The van der Waals surface area contributed by atoms with Gasteiger partial charge in [0.25, 0.3) is 0 Å². The highest BCUT2D eigenvalue weighted by atomic mass is 19.2. The van der Waals surface area contributed by atoms with Gasteiger partial charge in [-0.15, -0.1) is 6.58 Å². The molecule has 0 heterocycles. The summed E-state index contributed by atoms with van der Waals surface area (Å²) in [5.41, 5.74) is 0.916. The van der Waals surface area contributed by atoms with Crippen LogP contribution in [0.5, 0.6) is 17.2 Å². The molecule has 0 amide bonds. The minimum absolute atomic E-state index is 0.00744. The topological polar surface area (TPSA) is 55.8 Å². The molecule has 4 aromatic rings. The zero-order valence-corrected chi connectivity index (χ0v) is 19.0. The molecule has 0 radical (unpaired) electrons. The highest BCUT2D eigenvalue weighted by Crippen LogP contribution is 2.32. The maximum absolute atomic E-state index is 14.9. The predicted molar refractivity (Wildman–Crippen MR) is 131 cm³/mol. The van der Waals surface area contributed by atoms with Gasteiger partial charge in [-0.05, 0) is 53.9 Å². The maximum Gasteiger partial charge on any atom is 0.343 e. The lowest BCUT2D eigenvalue weighted by Gasteiger charge is -2.11. The normalized spacial score (nSPS) is 10.6. The average Bonchev–Trinajstić information content (AvgIpc) is 2.88. The van der Waals surface area contributed by atoms with Crippen LogP contribution in [0.4, 0.5) is 13.2 Å². The third kappa shape index (κ3) is 5.41. The molecular formula is C29H21F3O4. The molecule has 4 aromatic carbocycles. The smallest absolute Gasteiger partial charge is 0.343 e. The Balaban J connectivity index is 1.49. The number of ether oxygens (including phenoxy) is 2. The van der Waals surface area contributed by atoms with E-state index in [1.807, 2.05) is 0 Å². The number of hydrogen-bond acceptors (Lipinski definition) is 4. The van der Waals surface area contributed by atoms with Gasteiger partial charge >= 0.3 is 5.97 Å². The monoisotopic (exact) mass is 490 g/mol. The molecule has 0 atom stereocenters. The van der Waals surface area contributed by atoms with Gasteiger partial charge in [-0.1, -0.05) is 42.5 Å². The minimum Gasteiger partial charge on any atom is -0.508 e. The summed E-state index contributed by atoms with van der Waals surface area (Å²) in [5.74, 6) is -3.61. The van der Waals surface area contributed by atoms with Gasteiger partial charge in [0.1, 0.15) is 11.5 Å². The molecular weight excluding hydrogens is 469 g/mol. The Morgan fingerprint density at radius 2 is 1.42 bits per heavy atom. The van der Waals surface area contributed by atoms with Crippen molar-refractivity contribution in [2.75, 3.05) is 6.61 Å². The predicted octanol–water partition coefficient (Wildman–Crippen LogP) is 7.32. The van der Waals surface area contributed by atoms with Crippen LogP contribution in [-0.2, 0) is 0 Å². The molecule has 0 aliphatic rings. The third-order valence-electron chi connectivity index (χ3n) is 5.39. The van der Waals surface area contributed by atoms with Crippen molar-refractivity contribution in [2.24, 2.45) is 0 Å². The van der Waals surface area contributed by atoms with Crippen LogP contribution in [0.1, 0.15) is 16.8 Å². The molecule has 0 bridgehead atoms. The lowest BCUT2D eigenvalue weighted by atomic mass is 9.98. The van der Waals surface area contributed by atoms with Crippen molar-refractivity contribution >= 4 is 5.97 Å². The van der Waals surface area contributed by atoms with Crippen LogP contribution >= 0.6 is 0 Å². The van der Waals surface area contributed by atoms with E-state index in [-0.39, 0.29) is 28.2 Å².